The Hall–Kier alpha value is -0.900. The Morgan fingerprint density at radius 2 is 2.14 bits per heavy atom. The normalized spacial score (nSPS) is 13.4. The Balaban J connectivity index is 2.62. The second-order valence-corrected chi connectivity index (χ2v) is 4.42. The highest BCUT2D eigenvalue weighted by molar-refractivity contribution is 7.19. The van der Waals surface area contributed by atoms with Crippen LogP contribution in [0, 0.1) is 6.92 Å². The number of aryl methyl sites for hydroxylation is 1. The molecule has 1 heterocycles. The summed E-state index contributed by atoms with van der Waals surface area (Å²) < 4.78 is 1.22. The van der Waals surface area contributed by atoms with E-state index in [-0.39, 0.29) is 6.54 Å². The van der Waals surface area contributed by atoms with Gasteiger partial charge in [0.25, 0.3) is 0 Å². The lowest BCUT2D eigenvalue weighted by molar-refractivity contribution is 0.190. The molecule has 14 heavy (non-hydrogen) atoms. The average molecular weight is 207 g/mol. The highest BCUT2D eigenvalue weighted by Gasteiger charge is 2.13. The fourth-order valence-electron chi connectivity index (χ4n) is 1.62. The van der Waals surface area contributed by atoms with Crippen molar-refractivity contribution in [1.82, 2.24) is 0 Å². The molecule has 2 rings (SSSR count). The maximum atomic E-state index is 9.70. The molecule has 0 bridgehead atoms. The minimum absolute atomic E-state index is 0.285. The first-order valence-electron chi connectivity index (χ1n) is 4.60. The standard InChI is InChI=1S/C11H13NOS/c1-7-8-4-2-3-5-10(8)14-11(7)9(13)6-12/h2-5,9,13H,6,12H2,1H3. The summed E-state index contributed by atoms with van der Waals surface area (Å²) in [4.78, 5) is 0.994. The highest BCUT2D eigenvalue weighted by Crippen LogP contribution is 2.34. The van der Waals surface area contributed by atoms with Crippen LogP contribution in [0.2, 0.25) is 0 Å². The summed E-state index contributed by atoms with van der Waals surface area (Å²) in [5.74, 6) is 0. The van der Waals surface area contributed by atoms with Crippen LogP contribution in [0.3, 0.4) is 0 Å². The number of fused-ring (bicyclic) bond motifs is 1. The molecule has 1 aromatic carbocycles. The minimum Gasteiger partial charge on any atom is -0.386 e. The molecule has 3 heteroatoms. The first kappa shape index (κ1) is 9.65. The molecule has 2 aromatic rings. The number of aliphatic hydroxyl groups is 1. The van der Waals surface area contributed by atoms with Gasteiger partial charge in [0.2, 0.25) is 0 Å². The van der Waals surface area contributed by atoms with Crippen molar-refractivity contribution in [2.24, 2.45) is 5.73 Å². The zero-order chi connectivity index (χ0) is 10.1. The maximum Gasteiger partial charge on any atom is 0.101 e. The van der Waals surface area contributed by atoms with Gasteiger partial charge < -0.3 is 10.8 Å². The molecule has 0 saturated heterocycles. The maximum absolute atomic E-state index is 9.70. The van der Waals surface area contributed by atoms with Gasteiger partial charge in [0.05, 0.1) is 0 Å². The van der Waals surface area contributed by atoms with E-state index in [1.54, 1.807) is 11.3 Å². The zero-order valence-electron chi connectivity index (χ0n) is 8.03. The third-order valence-electron chi connectivity index (χ3n) is 2.41. The van der Waals surface area contributed by atoms with E-state index in [0.29, 0.717) is 0 Å². The number of rotatable bonds is 2. The second-order valence-electron chi connectivity index (χ2n) is 3.34. The molecule has 1 aromatic heterocycles. The molecule has 2 nitrogen and oxygen atoms in total. The van der Waals surface area contributed by atoms with Gasteiger partial charge in [-0.15, -0.1) is 11.3 Å². The van der Waals surface area contributed by atoms with E-state index in [4.69, 9.17) is 5.73 Å². The molecule has 74 valence electrons. The SMILES string of the molecule is Cc1c(C(O)CN)sc2ccccc12. The van der Waals surface area contributed by atoms with Crippen LogP contribution in [-0.2, 0) is 0 Å². The first-order valence-corrected chi connectivity index (χ1v) is 5.42. The smallest absolute Gasteiger partial charge is 0.101 e. The van der Waals surface area contributed by atoms with Crippen LogP contribution in [-0.4, -0.2) is 11.7 Å². The predicted octanol–water partition coefficient (Wildman–Crippen LogP) is 2.20. The molecule has 1 unspecified atom stereocenters. The quantitative estimate of drug-likeness (QED) is 0.793. The van der Waals surface area contributed by atoms with Gasteiger partial charge >= 0.3 is 0 Å². The van der Waals surface area contributed by atoms with Crippen molar-refractivity contribution in [3.63, 3.8) is 0 Å². The number of hydrogen-bond acceptors (Lipinski definition) is 3. The highest BCUT2D eigenvalue weighted by atomic mass is 32.1. The van der Waals surface area contributed by atoms with E-state index < -0.39 is 6.10 Å². The van der Waals surface area contributed by atoms with Gasteiger partial charge in [-0.2, -0.15) is 0 Å². The van der Waals surface area contributed by atoms with Crippen molar-refractivity contribution in [2.75, 3.05) is 6.54 Å². The van der Waals surface area contributed by atoms with Crippen LogP contribution >= 0.6 is 11.3 Å². The average Bonchev–Trinajstić information content (AvgIpc) is 2.56. The van der Waals surface area contributed by atoms with Crippen LogP contribution in [0.25, 0.3) is 10.1 Å². The Morgan fingerprint density at radius 3 is 2.79 bits per heavy atom. The third-order valence-corrected chi connectivity index (χ3v) is 3.78. The topological polar surface area (TPSA) is 46.2 Å². The first-order chi connectivity index (χ1) is 6.74. The summed E-state index contributed by atoms with van der Waals surface area (Å²) >= 11 is 1.63. The van der Waals surface area contributed by atoms with E-state index in [2.05, 4.69) is 12.1 Å². The Labute approximate surface area is 87.0 Å². The van der Waals surface area contributed by atoms with E-state index in [9.17, 15) is 5.11 Å². The van der Waals surface area contributed by atoms with Crippen LogP contribution < -0.4 is 5.73 Å². The van der Waals surface area contributed by atoms with Crippen molar-refractivity contribution in [3.8, 4) is 0 Å². The van der Waals surface area contributed by atoms with Crippen molar-refractivity contribution < 1.29 is 5.11 Å². The number of hydrogen-bond donors (Lipinski definition) is 2. The van der Waals surface area contributed by atoms with Crippen LogP contribution in [0.15, 0.2) is 24.3 Å². The third kappa shape index (κ3) is 1.43. The van der Waals surface area contributed by atoms with E-state index in [1.165, 1.54) is 10.1 Å². The Kier molecular flexibility index (Phi) is 2.54. The lowest BCUT2D eigenvalue weighted by atomic mass is 10.1. The molecule has 0 amide bonds. The van der Waals surface area contributed by atoms with Gasteiger partial charge in [0.15, 0.2) is 0 Å². The number of aliphatic hydroxyl groups excluding tert-OH is 1. The zero-order valence-corrected chi connectivity index (χ0v) is 8.84. The van der Waals surface area contributed by atoms with E-state index >= 15 is 0 Å². The molecular weight excluding hydrogens is 194 g/mol. The molecule has 0 radical (unpaired) electrons. The van der Waals surface area contributed by atoms with Gasteiger partial charge in [-0.05, 0) is 23.9 Å². The summed E-state index contributed by atoms with van der Waals surface area (Å²) in [5, 5.41) is 10.9. The summed E-state index contributed by atoms with van der Waals surface area (Å²) in [6, 6.07) is 8.17. The predicted molar refractivity (Wildman–Crippen MR) is 60.6 cm³/mol. The fraction of sp³-hybridized carbons (Fsp3) is 0.273. The largest absolute Gasteiger partial charge is 0.386 e. The molecule has 0 spiro atoms. The van der Waals surface area contributed by atoms with Crippen molar-refractivity contribution >= 4 is 21.4 Å². The Bertz CT molecular complexity index is 449. The molecule has 0 aliphatic heterocycles. The molecular formula is C11H13NOS. The van der Waals surface area contributed by atoms with Crippen LogP contribution in [0.4, 0.5) is 0 Å². The number of nitrogens with two attached hydrogens (primary N) is 1. The van der Waals surface area contributed by atoms with Gasteiger partial charge in [0.1, 0.15) is 6.10 Å². The lowest BCUT2D eigenvalue weighted by Gasteiger charge is -2.05. The fourth-order valence-corrected chi connectivity index (χ4v) is 2.83. The van der Waals surface area contributed by atoms with Crippen molar-refractivity contribution in [1.29, 1.82) is 0 Å². The number of benzene rings is 1. The Morgan fingerprint density at radius 1 is 1.43 bits per heavy atom. The van der Waals surface area contributed by atoms with Gasteiger partial charge in [-0.1, -0.05) is 18.2 Å². The van der Waals surface area contributed by atoms with Gasteiger partial charge in [-0.25, -0.2) is 0 Å². The van der Waals surface area contributed by atoms with Gasteiger partial charge in [-0.3, -0.25) is 0 Å². The molecule has 0 aliphatic carbocycles. The minimum atomic E-state index is -0.521. The summed E-state index contributed by atoms with van der Waals surface area (Å²) in [6.45, 7) is 2.32. The van der Waals surface area contributed by atoms with E-state index in [0.717, 1.165) is 10.4 Å². The molecule has 1 atom stereocenters. The van der Waals surface area contributed by atoms with Crippen molar-refractivity contribution in [3.05, 3.63) is 34.7 Å². The molecule has 0 fully saturated rings. The monoisotopic (exact) mass is 207 g/mol. The van der Waals surface area contributed by atoms with Crippen LogP contribution in [0.5, 0.6) is 0 Å². The molecule has 0 aliphatic rings. The number of thiophene rings is 1. The summed E-state index contributed by atoms with van der Waals surface area (Å²) in [7, 11) is 0. The van der Waals surface area contributed by atoms with Crippen LogP contribution in [0.1, 0.15) is 16.5 Å². The van der Waals surface area contributed by atoms with Gasteiger partial charge in [0, 0.05) is 16.1 Å². The summed E-state index contributed by atoms with van der Waals surface area (Å²) in [5.41, 5.74) is 6.61. The summed E-state index contributed by atoms with van der Waals surface area (Å²) in [6.07, 6.45) is -0.521. The molecule has 0 saturated carbocycles. The second kappa shape index (κ2) is 3.69. The lowest BCUT2D eigenvalue weighted by Crippen LogP contribution is -2.10. The molecule has 3 N–H and O–H groups in total. The van der Waals surface area contributed by atoms with Crippen molar-refractivity contribution in [2.45, 2.75) is 13.0 Å². The van der Waals surface area contributed by atoms with E-state index in [1.807, 2.05) is 19.1 Å².